The molecule has 2 aromatic rings. The van der Waals surface area contributed by atoms with E-state index in [0.29, 0.717) is 33.8 Å². The number of Topliss-reactive ketones (excluding diaryl/α,β-unsaturated/α-hetero) is 1. The van der Waals surface area contributed by atoms with Crippen molar-refractivity contribution in [1.82, 2.24) is 0 Å². The Hall–Kier alpha value is -3.29. The third kappa shape index (κ3) is 3.59. The topological polar surface area (TPSA) is 91.8 Å². The van der Waals surface area contributed by atoms with E-state index in [2.05, 4.69) is 15.9 Å². The molecule has 0 bridgehead atoms. The van der Waals surface area contributed by atoms with Gasteiger partial charge in [-0.25, -0.2) is 4.90 Å². The number of hydrogen-bond donors (Lipinski definition) is 1. The molecular formula is C30H23BrClNO5. The quantitative estimate of drug-likeness (QED) is 0.277. The lowest BCUT2D eigenvalue weighted by Gasteiger charge is -2.42. The van der Waals surface area contributed by atoms with Crippen LogP contribution in [-0.2, 0) is 19.2 Å². The Kier molecular flexibility index (Phi) is 5.85. The minimum Gasteiger partial charge on any atom is -0.508 e. The average Bonchev–Trinajstić information content (AvgIpc) is 3.14. The van der Waals surface area contributed by atoms with Gasteiger partial charge in [0.1, 0.15) is 5.75 Å². The highest BCUT2D eigenvalue weighted by Crippen LogP contribution is 2.55. The first-order chi connectivity index (χ1) is 18.1. The van der Waals surface area contributed by atoms with Crippen LogP contribution in [-0.4, -0.2) is 28.5 Å². The second-order valence-electron chi connectivity index (χ2n) is 10.4. The SMILES string of the molecule is Cc1cc([C@H]2C3=CC[C@@H]4C(=O)N(c5ccc(C)c(Cl)c5)C(=O)[C@@H]4[C@@H]3CC3=C2C(=O)C=C(Br)C3=O)ccc1O. The fourth-order valence-corrected chi connectivity index (χ4v) is 7.04. The maximum absolute atomic E-state index is 13.9. The number of ketones is 2. The van der Waals surface area contributed by atoms with E-state index >= 15 is 0 Å². The Morgan fingerprint density at radius 1 is 0.974 bits per heavy atom. The van der Waals surface area contributed by atoms with Gasteiger partial charge in [0.2, 0.25) is 11.8 Å². The first kappa shape index (κ1) is 25.0. The molecule has 1 aliphatic heterocycles. The fraction of sp³-hybridized carbons (Fsp3) is 0.267. The number of phenolic OH excluding ortho intramolecular Hbond substituents is 1. The first-order valence-electron chi connectivity index (χ1n) is 12.4. The zero-order valence-corrected chi connectivity index (χ0v) is 23.0. The molecule has 192 valence electrons. The Bertz CT molecular complexity index is 1580. The minimum absolute atomic E-state index is 0.130. The van der Waals surface area contributed by atoms with Crippen LogP contribution in [0.25, 0.3) is 0 Å². The lowest BCUT2D eigenvalue weighted by atomic mass is 9.59. The largest absolute Gasteiger partial charge is 0.508 e. The van der Waals surface area contributed by atoms with Crippen LogP contribution in [0.2, 0.25) is 5.02 Å². The number of carbonyl (C=O) groups is 4. The molecule has 1 fully saturated rings. The van der Waals surface area contributed by atoms with Crippen LogP contribution in [0.4, 0.5) is 5.69 Å². The fourth-order valence-electron chi connectivity index (χ4n) is 6.42. The monoisotopic (exact) mass is 591 g/mol. The second-order valence-corrected chi connectivity index (χ2v) is 11.6. The van der Waals surface area contributed by atoms with Gasteiger partial charge in [0.05, 0.1) is 22.0 Å². The predicted molar refractivity (Wildman–Crippen MR) is 146 cm³/mol. The van der Waals surface area contributed by atoms with Crippen molar-refractivity contribution in [1.29, 1.82) is 0 Å². The number of amides is 2. The summed E-state index contributed by atoms with van der Waals surface area (Å²) < 4.78 is 0.187. The van der Waals surface area contributed by atoms with Crippen molar-refractivity contribution in [3.8, 4) is 5.75 Å². The Balaban J connectivity index is 1.49. The molecule has 0 saturated carbocycles. The average molecular weight is 593 g/mol. The summed E-state index contributed by atoms with van der Waals surface area (Å²) in [6.45, 7) is 3.62. The number of fused-ring (bicyclic) bond motifs is 3. The number of anilines is 1. The van der Waals surface area contributed by atoms with Gasteiger partial charge in [-0.3, -0.25) is 19.2 Å². The van der Waals surface area contributed by atoms with Crippen LogP contribution in [0.1, 0.15) is 35.4 Å². The van der Waals surface area contributed by atoms with Gasteiger partial charge in [-0.1, -0.05) is 41.4 Å². The maximum atomic E-state index is 13.9. The molecule has 4 aliphatic rings. The van der Waals surface area contributed by atoms with Gasteiger partial charge in [-0.15, -0.1) is 0 Å². The Morgan fingerprint density at radius 2 is 1.74 bits per heavy atom. The molecule has 4 atom stereocenters. The number of carbonyl (C=O) groups excluding carboxylic acids is 4. The molecular weight excluding hydrogens is 570 g/mol. The molecule has 2 aromatic carbocycles. The summed E-state index contributed by atoms with van der Waals surface area (Å²) in [5.74, 6) is -3.20. The summed E-state index contributed by atoms with van der Waals surface area (Å²) >= 11 is 9.56. The van der Waals surface area contributed by atoms with Crippen LogP contribution in [0.5, 0.6) is 5.75 Å². The van der Waals surface area contributed by atoms with Crippen molar-refractivity contribution in [2.24, 2.45) is 17.8 Å². The van der Waals surface area contributed by atoms with Crippen molar-refractivity contribution in [3.63, 3.8) is 0 Å². The molecule has 3 aliphatic carbocycles. The number of aryl methyl sites for hydroxylation is 2. The summed E-state index contributed by atoms with van der Waals surface area (Å²) in [5, 5.41) is 10.6. The smallest absolute Gasteiger partial charge is 0.238 e. The Morgan fingerprint density at radius 3 is 2.45 bits per heavy atom. The first-order valence-corrected chi connectivity index (χ1v) is 13.6. The molecule has 2 amide bonds. The van der Waals surface area contributed by atoms with E-state index in [4.69, 9.17) is 11.6 Å². The summed E-state index contributed by atoms with van der Waals surface area (Å²) in [7, 11) is 0. The van der Waals surface area contributed by atoms with Crippen LogP contribution < -0.4 is 4.90 Å². The maximum Gasteiger partial charge on any atom is 0.238 e. The third-order valence-electron chi connectivity index (χ3n) is 8.30. The van der Waals surface area contributed by atoms with E-state index in [-0.39, 0.29) is 40.0 Å². The predicted octanol–water partition coefficient (Wildman–Crippen LogP) is 5.63. The number of phenols is 1. The van der Waals surface area contributed by atoms with Crippen molar-refractivity contribution in [3.05, 3.63) is 91.5 Å². The van der Waals surface area contributed by atoms with E-state index < -0.39 is 23.7 Å². The summed E-state index contributed by atoms with van der Waals surface area (Å²) in [6.07, 6.45) is 3.84. The zero-order chi connectivity index (χ0) is 27.0. The number of allylic oxidation sites excluding steroid dienone is 6. The number of imide groups is 1. The normalized spacial score (nSPS) is 26.7. The minimum atomic E-state index is -0.662. The number of nitrogens with zero attached hydrogens (tertiary/aromatic N) is 1. The molecule has 0 unspecified atom stereocenters. The van der Waals surface area contributed by atoms with Gasteiger partial charge in [0.15, 0.2) is 11.6 Å². The van der Waals surface area contributed by atoms with Crippen molar-refractivity contribution in [2.75, 3.05) is 4.90 Å². The van der Waals surface area contributed by atoms with Gasteiger partial charge in [0, 0.05) is 28.2 Å². The molecule has 8 heteroatoms. The summed E-state index contributed by atoms with van der Waals surface area (Å²) in [5.41, 5.74) is 4.32. The van der Waals surface area contributed by atoms with Gasteiger partial charge in [-0.05, 0) is 83.4 Å². The van der Waals surface area contributed by atoms with Gasteiger partial charge in [0.25, 0.3) is 0 Å². The molecule has 1 heterocycles. The number of benzene rings is 2. The second kappa shape index (κ2) is 8.89. The van der Waals surface area contributed by atoms with E-state index in [1.165, 1.54) is 11.0 Å². The number of rotatable bonds is 2. The number of hydrogen-bond acceptors (Lipinski definition) is 5. The highest BCUT2D eigenvalue weighted by molar-refractivity contribution is 9.12. The molecule has 0 spiro atoms. The lowest BCUT2D eigenvalue weighted by molar-refractivity contribution is -0.123. The molecule has 0 aromatic heterocycles. The number of halogens is 2. The summed E-state index contributed by atoms with van der Waals surface area (Å²) in [4.78, 5) is 55.3. The van der Waals surface area contributed by atoms with Crippen LogP contribution in [0, 0.1) is 31.6 Å². The van der Waals surface area contributed by atoms with Crippen LogP contribution >= 0.6 is 27.5 Å². The van der Waals surface area contributed by atoms with E-state index in [9.17, 15) is 24.3 Å². The number of aromatic hydroxyl groups is 1. The lowest BCUT2D eigenvalue weighted by Crippen LogP contribution is -2.39. The van der Waals surface area contributed by atoms with Crippen LogP contribution in [0.3, 0.4) is 0 Å². The van der Waals surface area contributed by atoms with Crippen molar-refractivity contribution < 1.29 is 24.3 Å². The van der Waals surface area contributed by atoms with Gasteiger partial charge < -0.3 is 5.11 Å². The highest BCUT2D eigenvalue weighted by atomic mass is 79.9. The Labute approximate surface area is 232 Å². The molecule has 6 nitrogen and oxygen atoms in total. The van der Waals surface area contributed by atoms with Gasteiger partial charge in [-0.2, -0.15) is 0 Å². The zero-order valence-electron chi connectivity index (χ0n) is 20.6. The molecule has 1 saturated heterocycles. The van der Waals surface area contributed by atoms with E-state index in [1.54, 1.807) is 37.3 Å². The van der Waals surface area contributed by atoms with E-state index in [1.807, 2.05) is 19.1 Å². The van der Waals surface area contributed by atoms with Gasteiger partial charge >= 0.3 is 0 Å². The molecule has 38 heavy (non-hydrogen) atoms. The third-order valence-corrected chi connectivity index (χ3v) is 9.30. The van der Waals surface area contributed by atoms with Crippen molar-refractivity contribution in [2.45, 2.75) is 32.6 Å². The molecule has 1 N–H and O–H groups in total. The summed E-state index contributed by atoms with van der Waals surface area (Å²) in [6, 6.07) is 10.3. The highest BCUT2D eigenvalue weighted by Gasteiger charge is 2.56. The standard InChI is InChI=1S/C30H23BrClNO5/c1-13-3-5-16(10-22(13)32)33-29(37)18-7-6-17-19(26(18)30(33)38)11-20-27(24(35)12-21(31)28(20)36)25(17)15-4-8-23(34)14(2)9-15/h3-6,8-10,12,18-19,25-26,34H,7,11H2,1-2H3/t18-,19+,25-,26-/m0/s1. The van der Waals surface area contributed by atoms with Crippen molar-refractivity contribution >= 4 is 56.6 Å². The van der Waals surface area contributed by atoms with Crippen LogP contribution in [0.15, 0.2) is 69.8 Å². The molecule has 6 rings (SSSR count). The van der Waals surface area contributed by atoms with E-state index in [0.717, 1.165) is 16.7 Å². The molecule has 0 radical (unpaired) electrons.